The molecule has 1 saturated heterocycles. The lowest BCUT2D eigenvalue weighted by Gasteiger charge is -2.34. The monoisotopic (exact) mass is 466 g/mol. The van der Waals surface area contributed by atoms with Crippen LogP contribution in [-0.2, 0) is 19.7 Å². The summed E-state index contributed by atoms with van der Waals surface area (Å²) in [4.78, 5) is 12.6. The van der Waals surface area contributed by atoms with E-state index in [2.05, 4.69) is 10.5 Å². The number of halogens is 3. The van der Waals surface area contributed by atoms with E-state index < -0.39 is 22.8 Å². The van der Waals surface area contributed by atoms with E-state index in [9.17, 15) is 18.0 Å². The van der Waals surface area contributed by atoms with E-state index in [1.165, 1.54) is 11.8 Å². The summed E-state index contributed by atoms with van der Waals surface area (Å²) < 4.78 is 52.9. The van der Waals surface area contributed by atoms with Gasteiger partial charge in [0.25, 0.3) is 0 Å². The lowest BCUT2D eigenvalue weighted by atomic mass is 9.84. The average Bonchev–Trinajstić information content (AvgIpc) is 3.14. The third-order valence-corrected chi connectivity index (χ3v) is 6.93. The topological polar surface area (TPSA) is 73.6 Å². The van der Waals surface area contributed by atoms with E-state index in [1.54, 1.807) is 19.9 Å². The molecule has 178 valence electrons. The summed E-state index contributed by atoms with van der Waals surface area (Å²) in [6.45, 7) is 9.94. The lowest BCUT2D eigenvalue weighted by molar-refractivity contribution is -0.196. The molecule has 1 aliphatic rings. The summed E-state index contributed by atoms with van der Waals surface area (Å²) in [5.74, 6) is 0.0651. The van der Waals surface area contributed by atoms with Crippen molar-refractivity contribution in [2.45, 2.75) is 95.5 Å². The Labute approximate surface area is 186 Å². The molecule has 0 aromatic carbocycles. The second-order valence-corrected chi connectivity index (χ2v) is 10.6. The molecule has 0 aliphatic carbocycles. The first kappa shape index (κ1) is 26.0. The SMILES string of the molecule is CC(OC1CCCCO1)C(C)(C)c1cc(NC(=O)C(C)(C)SCCCC(F)(F)F)on1. The molecule has 0 saturated carbocycles. The Kier molecular flexibility index (Phi) is 8.86. The van der Waals surface area contributed by atoms with Crippen LogP contribution in [0.5, 0.6) is 0 Å². The van der Waals surface area contributed by atoms with E-state index >= 15 is 0 Å². The Morgan fingerprint density at radius 3 is 2.65 bits per heavy atom. The van der Waals surface area contributed by atoms with Crippen molar-refractivity contribution in [2.75, 3.05) is 17.7 Å². The predicted molar refractivity (Wildman–Crippen MR) is 114 cm³/mol. The van der Waals surface area contributed by atoms with Gasteiger partial charge in [-0.15, -0.1) is 11.8 Å². The van der Waals surface area contributed by atoms with Crippen LogP contribution in [0.4, 0.5) is 19.1 Å². The van der Waals surface area contributed by atoms with Gasteiger partial charge in [0, 0.05) is 24.5 Å². The first-order chi connectivity index (χ1) is 14.3. The quantitative estimate of drug-likeness (QED) is 0.448. The van der Waals surface area contributed by atoms with Crippen molar-refractivity contribution in [3.63, 3.8) is 0 Å². The van der Waals surface area contributed by atoms with Gasteiger partial charge in [-0.1, -0.05) is 19.0 Å². The normalized spacial score (nSPS) is 19.3. The number of carbonyl (C=O) groups excluding carboxylic acids is 1. The van der Waals surface area contributed by atoms with Gasteiger partial charge in [0.2, 0.25) is 11.8 Å². The molecule has 1 aromatic heterocycles. The maximum Gasteiger partial charge on any atom is 0.389 e. The highest BCUT2D eigenvalue weighted by Crippen LogP contribution is 2.33. The Morgan fingerprint density at radius 2 is 2.03 bits per heavy atom. The van der Waals surface area contributed by atoms with Gasteiger partial charge >= 0.3 is 6.18 Å². The number of alkyl halides is 3. The summed E-state index contributed by atoms with van der Waals surface area (Å²) in [5, 5.41) is 6.77. The van der Waals surface area contributed by atoms with Gasteiger partial charge < -0.3 is 14.0 Å². The second-order valence-electron chi connectivity index (χ2n) is 8.90. The summed E-state index contributed by atoms with van der Waals surface area (Å²) in [6.07, 6.45) is -2.54. The fourth-order valence-corrected chi connectivity index (χ4v) is 3.97. The van der Waals surface area contributed by atoms with Gasteiger partial charge in [0.1, 0.15) is 0 Å². The maximum absolute atomic E-state index is 12.6. The van der Waals surface area contributed by atoms with Crippen molar-refractivity contribution >= 4 is 23.6 Å². The molecule has 2 rings (SSSR count). The van der Waals surface area contributed by atoms with Gasteiger partial charge in [0.05, 0.1) is 16.5 Å². The van der Waals surface area contributed by atoms with Gasteiger partial charge in [-0.3, -0.25) is 10.1 Å². The van der Waals surface area contributed by atoms with Crippen LogP contribution in [0.1, 0.15) is 72.4 Å². The largest absolute Gasteiger partial charge is 0.389 e. The molecule has 1 fully saturated rings. The van der Waals surface area contributed by atoms with Crippen molar-refractivity contribution in [3.8, 4) is 0 Å². The van der Waals surface area contributed by atoms with E-state index in [1.807, 2.05) is 20.8 Å². The van der Waals surface area contributed by atoms with Crippen LogP contribution in [-0.4, -0.2) is 46.7 Å². The number of rotatable bonds is 10. The number of amides is 1. The average molecular weight is 467 g/mol. The van der Waals surface area contributed by atoms with Crippen LogP contribution in [0.25, 0.3) is 0 Å². The lowest BCUT2D eigenvalue weighted by Crippen LogP contribution is -2.38. The smallest absolute Gasteiger partial charge is 0.353 e. The molecule has 0 radical (unpaired) electrons. The Hall–Kier alpha value is -1.26. The first-order valence-corrected chi connectivity index (χ1v) is 11.6. The van der Waals surface area contributed by atoms with Crippen molar-refractivity contribution in [1.82, 2.24) is 5.16 Å². The molecule has 1 aliphatic heterocycles. The van der Waals surface area contributed by atoms with E-state index in [-0.39, 0.29) is 36.4 Å². The third-order valence-electron chi connectivity index (χ3n) is 5.53. The van der Waals surface area contributed by atoms with Crippen LogP contribution < -0.4 is 5.32 Å². The van der Waals surface area contributed by atoms with E-state index in [0.29, 0.717) is 12.3 Å². The van der Waals surface area contributed by atoms with Gasteiger partial charge in [-0.05, 0) is 52.2 Å². The highest BCUT2D eigenvalue weighted by atomic mass is 32.2. The summed E-state index contributed by atoms with van der Waals surface area (Å²) >= 11 is 1.18. The number of anilines is 1. The molecule has 31 heavy (non-hydrogen) atoms. The van der Waals surface area contributed by atoms with Crippen molar-refractivity contribution in [3.05, 3.63) is 11.8 Å². The van der Waals surface area contributed by atoms with Crippen LogP contribution >= 0.6 is 11.8 Å². The van der Waals surface area contributed by atoms with Gasteiger partial charge in [0.15, 0.2) is 6.29 Å². The molecule has 0 bridgehead atoms. The van der Waals surface area contributed by atoms with Gasteiger partial charge in [-0.2, -0.15) is 13.2 Å². The molecule has 1 amide bonds. The minimum Gasteiger partial charge on any atom is -0.353 e. The third kappa shape index (κ3) is 7.98. The molecule has 1 N–H and O–H groups in total. The predicted octanol–water partition coefficient (Wildman–Crippen LogP) is 5.68. The van der Waals surface area contributed by atoms with Crippen LogP contribution in [0.15, 0.2) is 10.6 Å². The first-order valence-electron chi connectivity index (χ1n) is 10.6. The second kappa shape index (κ2) is 10.6. The van der Waals surface area contributed by atoms with Crippen molar-refractivity contribution < 1.29 is 32.0 Å². The standard InChI is InChI=1S/C21H33F3N2O4S/c1-14(29-17-9-6-7-11-28-17)19(2,3)15-13-16(30-26-15)25-18(27)20(4,5)31-12-8-10-21(22,23)24/h13-14,17H,6-12H2,1-5H3,(H,25,27). The molecule has 0 spiro atoms. The summed E-state index contributed by atoms with van der Waals surface area (Å²) in [6, 6.07) is 1.66. The zero-order chi connectivity index (χ0) is 23.3. The fraction of sp³-hybridized carbons (Fsp3) is 0.810. The molecular weight excluding hydrogens is 433 g/mol. The van der Waals surface area contributed by atoms with Crippen LogP contribution in [0.2, 0.25) is 0 Å². The Balaban J connectivity index is 1.90. The number of nitrogens with zero attached hydrogens (tertiary/aromatic N) is 1. The zero-order valence-electron chi connectivity index (χ0n) is 18.8. The van der Waals surface area contributed by atoms with E-state index in [4.69, 9.17) is 14.0 Å². The number of hydrogen-bond acceptors (Lipinski definition) is 6. The summed E-state index contributed by atoms with van der Waals surface area (Å²) in [5.41, 5.74) is 0.136. The number of carbonyl (C=O) groups is 1. The van der Waals surface area contributed by atoms with E-state index in [0.717, 1.165) is 19.3 Å². The van der Waals surface area contributed by atoms with Crippen LogP contribution in [0, 0.1) is 0 Å². The zero-order valence-corrected chi connectivity index (χ0v) is 19.6. The number of thioether (sulfide) groups is 1. The molecular formula is C21H33F3N2O4S. The minimum atomic E-state index is -4.18. The number of hydrogen-bond donors (Lipinski definition) is 1. The fourth-order valence-electron chi connectivity index (χ4n) is 2.99. The minimum absolute atomic E-state index is 0.0336. The van der Waals surface area contributed by atoms with Crippen molar-refractivity contribution in [1.29, 1.82) is 0 Å². The molecule has 2 unspecified atom stereocenters. The Morgan fingerprint density at radius 1 is 1.32 bits per heavy atom. The van der Waals surface area contributed by atoms with Gasteiger partial charge in [-0.25, -0.2) is 0 Å². The Bertz CT molecular complexity index is 716. The number of ether oxygens (including phenoxy) is 2. The molecule has 6 nitrogen and oxygen atoms in total. The highest BCUT2D eigenvalue weighted by molar-refractivity contribution is 8.01. The highest BCUT2D eigenvalue weighted by Gasteiger charge is 2.36. The molecule has 2 heterocycles. The summed E-state index contributed by atoms with van der Waals surface area (Å²) in [7, 11) is 0. The molecule has 1 aromatic rings. The maximum atomic E-state index is 12.6. The molecule has 10 heteroatoms. The van der Waals surface area contributed by atoms with Crippen LogP contribution in [0.3, 0.4) is 0 Å². The molecule has 2 atom stereocenters. The number of aromatic nitrogens is 1. The number of nitrogens with one attached hydrogen (secondary N) is 1. The van der Waals surface area contributed by atoms with Crippen molar-refractivity contribution in [2.24, 2.45) is 0 Å².